The van der Waals surface area contributed by atoms with Gasteiger partial charge in [-0.25, -0.2) is 9.59 Å². The second-order valence-electron chi connectivity index (χ2n) is 6.89. The van der Waals surface area contributed by atoms with Crippen LogP contribution in [0.3, 0.4) is 0 Å². The molecule has 2 amide bonds. The average Bonchev–Trinajstić information content (AvgIpc) is 3.13. The molecule has 0 aromatic heterocycles. The molecule has 3 rings (SSSR count). The van der Waals surface area contributed by atoms with Crippen molar-refractivity contribution < 1.29 is 28.7 Å². The van der Waals surface area contributed by atoms with E-state index < -0.39 is 23.8 Å². The van der Waals surface area contributed by atoms with Gasteiger partial charge < -0.3 is 19.7 Å². The van der Waals surface area contributed by atoms with Crippen LogP contribution in [-0.2, 0) is 25.6 Å². The fourth-order valence-corrected chi connectivity index (χ4v) is 3.32. The van der Waals surface area contributed by atoms with E-state index in [0.29, 0.717) is 6.54 Å². The number of esters is 2. The second kappa shape index (κ2) is 9.21. The molecule has 1 saturated heterocycles. The minimum Gasteiger partial charge on any atom is -0.465 e. The predicted octanol–water partition coefficient (Wildman–Crippen LogP) is 2.25. The molecule has 1 heterocycles. The van der Waals surface area contributed by atoms with Gasteiger partial charge in [0.15, 0.2) is 0 Å². The maximum atomic E-state index is 12.8. The third-order valence-corrected chi connectivity index (χ3v) is 4.91. The predicted molar refractivity (Wildman–Crippen MR) is 108 cm³/mol. The molecule has 0 bridgehead atoms. The van der Waals surface area contributed by atoms with Crippen LogP contribution in [0.2, 0.25) is 0 Å². The van der Waals surface area contributed by atoms with Crippen LogP contribution in [0, 0.1) is 5.92 Å². The van der Waals surface area contributed by atoms with E-state index >= 15 is 0 Å². The van der Waals surface area contributed by atoms with Crippen molar-refractivity contribution >= 4 is 29.4 Å². The van der Waals surface area contributed by atoms with Gasteiger partial charge in [-0.3, -0.25) is 9.59 Å². The van der Waals surface area contributed by atoms with Crippen LogP contribution in [0.25, 0.3) is 0 Å². The Morgan fingerprint density at radius 2 is 1.73 bits per heavy atom. The van der Waals surface area contributed by atoms with E-state index in [9.17, 15) is 19.2 Å². The molecule has 2 aromatic rings. The van der Waals surface area contributed by atoms with Crippen LogP contribution < -0.4 is 5.32 Å². The Morgan fingerprint density at radius 1 is 1.03 bits per heavy atom. The number of ether oxygens (including phenoxy) is 2. The van der Waals surface area contributed by atoms with Crippen LogP contribution in [0.4, 0.5) is 5.69 Å². The maximum Gasteiger partial charge on any atom is 0.339 e. The lowest BCUT2D eigenvalue weighted by Gasteiger charge is -2.17. The van der Waals surface area contributed by atoms with E-state index in [4.69, 9.17) is 4.74 Å². The summed E-state index contributed by atoms with van der Waals surface area (Å²) >= 11 is 0. The summed E-state index contributed by atoms with van der Waals surface area (Å²) in [7, 11) is 2.46. The fraction of sp³-hybridized carbons (Fsp3) is 0.273. The molecular formula is C22H22N2O6. The summed E-state index contributed by atoms with van der Waals surface area (Å²) in [5.74, 6) is -2.36. The molecule has 1 aliphatic heterocycles. The standard InChI is InChI=1S/C22H22N2O6/c1-29-21(27)15-8-9-17(22(28)30-2)18(10-15)23-20(26)16-11-19(25)24(13-16)12-14-6-4-3-5-7-14/h3-10,16H,11-13H2,1-2H3,(H,23,26)/t16-/m1/s1. The number of benzene rings is 2. The molecule has 8 nitrogen and oxygen atoms in total. The summed E-state index contributed by atoms with van der Waals surface area (Å²) in [5.41, 5.74) is 1.38. The number of nitrogens with zero attached hydrogens (tertiary/aromatic N) is 1. The molecule has 156 valence electrons. The second-order valence-corrected chi connectivity index (χ2v) is 6.89. The number of hydrogen-bond donors (Lipinski definition) is 1. The lowest BCUT2D eigenvalue weighted by Crippen LogP contribution is -2.28. The fourth-order valence-electron chi connectivity index (χ4n) is 3.32. The number of carbonyl (C=O) groups excluding carboxylic acids is 4. The van der Waals surface area contributed by atoms with Crippen LogP contribution in [0.1, 0.15) is 32.7 Å². The van der Waals surface area contributed by atoms with E-state index in [2.05, 4.69) is 10.1 Å². The van der Waals surface area contributed by atoms with Gasteiger partial charge in [0, 0.05) is 19.5 Å². The summed E-state index contributed by atoms with van der Waals surface area (Å²) in [5, 5.41) is 2.67. The van der Waals surface area contributed by atoms with Gasteiger partial charge in [-0.2, -0.15) is 0 Å². The first-order valence-corrected chi connectivity index (χ1v) is 9.36. The Balaban J connectivity index is 1.75. The minimum atomic E-state index is -0.657. The number of hydrogen-bond acceptors (Lipinski definition) is 6. The number of likely N-dealkylation sites (tertiary alicyclic amines) is 1. The Bertz CT molecular complexity index is 973. The van der Waals surface area contributed by atoms with Crippen molar-refractivity contribution in [1.29, 1.82) is 0 Å². The van der Waals surface area contributed by atoms with Gasteiger partial charge in [-0.15, -0.1) is 0 Å². The largest absolute Gasteiger partial charge is 0.465 e. The van der Waals surface area contributed by atoms with E-state index in [0.717, 1.165) is 5.56 Å². The highest BCUT2D eigenvalue weighted by Crippen LogP contribution is 2.24. The normalized spacial score (nSPS) is 15.6. The zero-order valence-corrected chi connectivity index (χ0v) is 16.7. The van der Waals surface area contributed by atoms with Gasteiger partial charge in [0.05, 0.1) is 37.0 Å². The van der Waals surface area contributed by atoms with Crippen LogP contribution >= 0.6 is 0 Å². The summed E-state index contributed by atoms with van der Waals surface area (Å²) in [6.45, 7) is 0.693. The van der Waals surface area contributed by atoms with Gasteiger partial charge >= 0.3 is 11.9 Å². The first-order valence-electron chi connectivity index (χ1n) is 9.36. The molecule has 1 atom stereocenters. The Kier molecular flexibility index (Phi) is 6.46. The quantitative estimate of drug-likeness (QED) is 0.733. The van der Waals surface area contributed by atoms with Gasteiger partial charge in [0.25, 0.3) is 0 Å². The summed E-state index contributed by atoms with van der Waals surface area (Å²) < 4.78 is 9.43. The van der Waals surface area contributed by atoms with E-state index in [-0.39, 0.29) is 35.7 Å². The minimum absolute atomic E-state index is 0.0723. The number of carbonyl (C=O) groups is 4. The van der Waals surface area contributed by atoms with Gasteiger partial charge in [0.1, 0.15) is 0 Å². The van der Waals surface area contributed by atoms with Crippen molar-refractivity contribution in [3.05, 3.63) is 65.2 Å². The number of methoxy groups -OCH3 is 2. The highest BCUT2D eigenvalue weighted by molar-refractivity contribution is 6.05. The van der Waals surface area contributed by atoms with Gasteiger partial charge in [0.2, 0.25) is 11.8 Å². The van der Waals surface area contributed by atoms with Crippen LogP contribution in [0.5, 0.6) is 0 Å². The Hall–Kier alpha value is -3.68. The van der Waals surface area contributed by atoms with Crippen molar-refractivity contribution in [3.63, 3.8) is 0 Å². The highest BCUT2D eigenvalue weighted by Gasteiger charge is 2.34. The molecule has 0 aliphatic carbocycles. The smallest absolute Gasteiger partial charge is 0.339 e. The highest BCUT2D eigenvalue weighted by atomic mass is 16.5. The van der Waals surface area contributed by atoms with Crippen molar-refractivity contribution in [1.82, 2.24) is 4.90 Å². The summed E-state index contributed by atoms with van der Waals surface area (Å²) in [6.07, 6.45) is 0.0723. The topological polar surface area (TPSA) is 102 Å². The molecule has 30 heavy (non-hydrogen) atoms. The number of rotatable bonds is 6. The van der Waals surface area contributed by atoms with Gasteiger partial charge in [-0.1, -0.05) is 30.3 Å². The molecule has 0 saturated carbocycles. The Labute approximate surface area is 173 Å². The lowest BCUT2D eigenvalue weighted by atomic mass is 10.1. The van der Waals surface area contributed by atoms with E-state index in [1.54, 1.807) is 4.90 Å². The van der Waals surface area contributed by atoms with Crippen LogP contribution in [-0.4, -0.2) is 49.4 Å². The first kappa shape index (κ1) is 21.0. The molecular weight excluding hydrogens is 388 g/mol. The van der Waals surface area contributed by atoms with Crippen molar-refractivity contribution in [2.24, 2.45) is 5.92 Å². The number of anilines is 1. The summed E-state index contributed by atoms with van der Waals surface area (Å²) in [6, 6.07) is 13.7. The lowest BCUT2D eigenvalue weighted by molar-refractivity contribution is -0.128. The van der Waals surface area contributed by atoms with Crippen LogP contribution in [0.15, 0.2) is 48.5 Å². The maximum absolute atomic E-state index is 12.8. The van der Waals surface area contributed by atoms with E-state index in [1.807, 2.05) is 30.3 Å². The Morgan fingerprint density at radius 3 is 2.40 bits per heavy atom. The third-order valence-electron chi connectivity index (χ3n) is 4.91. The average molecular weight is 410 g/mol. The zero-order valence-electron chi connectivity index (χ0n) is 16.7. The van der Waals surface area contributed by atoms with Crippen molar-refractivity contribution in [2.45, 2.75) is 13.0 Å². The molecule has 1 aliphatic rings. The molecule has 0 radical (unpaired) electrons. The monoisotopic (exact) mass is 410 g/mol. The van der Waals surface area contributed by atoms with Gasteiger partial charge in [-0.05, 0) is 23.8 Å². The molecule has 0 spiro atoms. The number of nitrogens with one attached hydrogen (secondary N) is 1. The SMILES string of the molecule is COC(=O)c1ccc(C(=O)OC)c(NC(=O)[C@@H]2CC(=O)N(Cc3ccccc3)C2)c1. The molecule has 1 N–H and O–H groups in total. The number of amides is 2. The zero-order chi connectivity index (χ0) is 21.7. The molecule has 1 fully saturated rings. The summed E-state index contributed by atoms with van der Waals surface area (Å²) in [4.78, 5) is 50.7. The van der Waals surface area contributed by atoms with Crippen molar-refractivity contribution in [2.75, 3.05) is 26.1 Å². The molecule has 0 unspecified atom stereocenters. The molecule has 8 heteroatoms. The van der Waals surface area contributed by atoms with E-state index in [1.165, 1.54) is 32.4 Å². The first-order chi connectivity index (χ1) is 14.4. The third kappa shape index (κ3) is 4.65. The molecule has 2 aromatic carbocycles. The van der Waals surface area contributed by atoms with Crippen molar-refractivity contribution in [3.8, 4) is 0 Å².